The maximum atomic E-state index is 12.4. The molecule has 0 aromatic heterocycles. The molecule has 0 spiro atoms. The van der Waals surface area contributed by atoms with E-state index in [0.29, 0.717) is 24.9 Å². The van der Waals surface area contributed by atoms with Crippen LogP contribution in [0, 0.1) is 9.49 Å². The Balaban J connectivity index is 1.74. The fourth-order valence-electron chi connectivity index (χ4n) is 2.86. The van der Waals surface area contributed by atoms with E-state index in [1.807, 2.05) is 12.1 Å². The summed E-state index contributed by atoms with van der Waals surface area (Å²) in [6.45, 7) is 0. The van der Waals surface area contributed by atoms with Crippen LogP contribution in [0.1, 0.15) is 30.4 Å². The Bertz CT molecular complexity index is 687. The number of nitrogens with one attached hydrogen (secondary N) is 2. The standard InChI is InChI=1S/C16H16F3IN2O2/c17-16(18,19)15(24)21-10-5-3-8-4-6-12(13(20)11(8)7-10)22-14(23)9-1-2-9/h4,6,9-10H,1-3,5,7H2,(H,21,24)(H,22,23). The Morgan fingerprint density at radius 3 is 2.50 bits per heavy atom. The lowest BCUT2D eigenvalue weighted by Gasteiger charge is -2.27. The minimum Gasteiger partial charge on any atom is -0.345 e. The van der Waals surface area contributed by atoms with Crippen LogP contribution in [-0.4, -0.2) is 24.0 Å². The van der Waals surface area contributed by atoms with E-state index in [0.717, 1.165) is 27.5 Å². The van der Waals surface area contributed by atoms with Crippen LogP contribution in [0.15, 0.2) is 12.1 Å². The molecule has 2 amide bonds. The number of carbonyl (C=O) groups excluding carboxylic acids is 2. The number of aryl methyl sites for hydroxylation is 1. The first-order chi connectivity index (χ1) is 11.3. The second kappa shape index (κ2) is 6.53. The number of rotatable bonds is 3. The van der Waals surface area contributed by atoms with Crippen molar-refractivity contribution in [2.24, 2.45) is 5.92 Å². The van der Waals surface area contributed by atoms with E-state index in [1.54, 1.807) is 0 Å². The van der Waals surface area contributed by atoms with Crippen LogP contribution in [0.4, 0.5) is 18.9 Å². The third-order valence-electron chi connectivity index (χ3n) is 4.35. The van der Waals surface area contributed by atoms with Gasteiger partial charge in [-0.2, -0.15) is 13.2 Å². The van der Waals surface area contributed by atoms with Crippen molar-refractivity contribution >= 4 is 40.1 Å². The van der Waals surface area contributed by atoms with Crippen molar-refractivity contribution in [3.63, 3.8) is 0 Å². The molecule has 0 aliphatic heterocycles. The van der Waals surface area contributed by atoms with Crippen molar-refractivity contribution in [2.75, 3.05) is 5.32 Å². The average Bonchev–Trinajstić information content (AvgIpc) is 3.34. The number of hydrogen-bond donors (Lipinski definition) is 2. The largest absolute Gasteiger partial charge is 0.471 e. The van der Waals surface area contributed by atoms with E-state index >= 15 is 0 Å². The second-order valence-corrected chi connectivity index (χ2v) is 7.32. The van der Waals surface area contributed by atoms with E-state index in [4.69, 9.17) is 0 Å². The summed E-state index contributed by atoms with van der Waals surface area (Å²) in [6, 6.07) is 3.20. The zero-order valence-corrected chi connectivity index (χ0v) is 14.8. The minimum atomic E-state index is -4.87. The van der Waals surface area contributed by atoms with Crippen molar-refractivity contribution in [1.82, 2.24) is 5.32 Å². The van der Waals surface area contributed by atoms with Crippen molar-refractivity contribution in [1.29, 1.82) is 0 Å². The van der Waals surface area contributed by atoms with Crippen LogP contribution in [0.5, 0.6) is 0 Å². The summed E-state index contributed by atoms with van der Waals surface area (Å²) in [5.74, 6) is -1.83. The Kier molecular flexibility index (Phi) is 4.76. The normalized spacial score (nSPS) is 20.2. The summed E-state index contributed by atoms with van der Waals surface area (Å²) in [4.78, 5) is 23.0. The molecule has 1 atom stereocenters. The maximum Gasteiger partial charge on any atom is 0.471 e. The van der Waals surface area contributed by atoms with E-state index in [2.05, 4.69) is 33.2 Å². The van der Waals surface area contributed by atoms with Gasteiger partial charge in [-0.3, -0.25) is 9.59 Å². The fraction of sp³-hybridized carbons (Fsp3) is 0.500. The van der Waals surface area contributed by atoms with E-state index in [9.17, 15) is 22.8 Å². The predicted molar refractivity (Wildman–Crippen MR) is 90.5 cm³/mol. The smallest absolute Gasteiger partial charge is 0.345 e. The van der Waals surface area contributed by atoms with Crippen LogP contribution < -0.4 is 10.6 Å². The van der Waals surface area contributed by atoms with Gasteiger partial charge in [-0.15, -0.1) is 0 Å². The van der Waals surface area contributed by atoms with Gasteiger partial charge in [-0.05, 0) is 71.9 Å². The van der Waals surface area contributed by atoms with Gasteiger partial charge in [0.15, 0.2) is 0 Å². The summed E-state index contributed by atoms with van der Waals surface area (Å²) in [5, 5.41) is 4.95. The third-order valence-corrected chi connectivity index (χ3v) is 5.58. The van der Waals surface area contributed by atoms with Crippen LogP contribution >= 0.6 is 22.6 Å². The second-order valence-electron chi connectivity index (χ2n) is 6.24. The number of benzene rings is 1. The molecule has 130 valence electrons. The first-order valence-corrected chi connectivity index (χ1v) is 8.82. The molecule has 0 heterocycles. The van der Waals surface area contributed by atoms with E-state index in [1.165, 1.54) is 0 Å². The fourth-order valence-corrected chi connectivity index (χ4v) is 3.74. The van der Waals surface area contributed by atoms with Crippen molar-refractivity contribution in [3.8, 4) is 0 Å². The number of fused-ring (bicyclic) bond motifs is 1. The predicted octanol–water partition coefficient (Wildman–Crippen LogP) is 3.18. The van der Waals surface area contributed by atoms with Gasteiger partial charge in [0, 0.05) is 15.5 Å². The Morgan fingerprint density at radius 2 is 1.88 bits per heavy atom. The van der Waals surface area contributed by atoms with Crippen LogP contribution in [0.2, 0.25) is 0 Å². The van der Waals surface area contributed by atoms with Gasteiger partial charge in [-0.25, -0.2) is 0 Å². The molecule has 1 saturated carbocycles. The molecule has 2 N–H and O–H groups in total. The highest BCUT2D eigenvalue weighted by Gasteiger charge is 2.40. The van der Waals surface area contributed by atoms with Gasteiger partial charge in [0.1, 0.15) is 0 Å². The van der Waals surface area contributed by atoms with Gasteiger partial charge >= 0.3 is 12.1 Å². The molecule has 0 radical (unpaired) electrons. The number of anilines is 1. The molecule has 1 aromatic carbocycles. The zero-order chi connectivity index (χ0) is 17.5. The highest BCUT2D eigenvalue weighted by atomic mass is 127. The number of amides is 2. The van der Waals surface area contributed by atoms with Crippen molar-refractivity contribution in [2.45, 2.75) is 44.3 Å². The zero-order valence-electron chi connectivity index (χ0n) is 12.7. The van der Waals surface area contributed by atoms with Gasteiger partial charge in [0.25, 0.3) is 0 Å². The number of halogens is 4. The molecular weight excluding hydrogens is 436 g/mol. The van der Waals surface area contributed by atoms with Crippen LogP contribution in [-0.2, 0) is 22.4 Å². The average molecular weight is 452 g/mol. The molecule has 24 heavy (non-hydrogen) atoms. The number of carbonyl (C=O) groups is 2. The third kappa shape index (κ3) is 3.84. The molecular formula is C16H16F3IN2O2. The van der Waals surface area contributed by atoms with Gasteiger partial charge < -0.3 is 10.6 Å². The lowest BCUT2D eigenvalue weighted by Crippen LogP contribution is -2.45. The van der Waals surface area contributed by atoms with Gasteiger partial charge in [-0.1, -0.05) is 6.07 Å². The Hall–Kier alpha value is -1.32. The molecule has 8 heteroatoms. The molecule has 2 aliphatic carbocycles. The maximum absolute atomic E-state index is 12.4. The molecule has 3 rings (SSSR count). The van der Waals surface area contributed by atoms with Crippen molar-refractivity contribution < 1.29 is 22.8 Å². The molecule has 1 fully saturated rings. The molecule has 1 unspecified atom stereocenters. The lowest BCUT2D eigenvalue weighted by atomic mass is 9.88. The highest BCUT2D eigenvalue weighted by molar-refractivity contribution is 14.1. The SMILES string of the molecule is O=C(Nc1ccc2c(c1I)CC(NC(=O)C(F)(F)F)CC2)C1CC1. The van der Waals surface area contributed by atoms with Crippen LogP contribution in [0.3, 0.4) is 0 Å². The monoisotopic (exact) mass is 452 g/mol. The molecule has 4 nitrogen and oxygen atoms in total. The van der Waals surface area contributed by atoms with E-state index < -0.39 is 18.1 Å². The Labute approximate surface area is 150 Å². The molecule has 0 bridgehead atoms. The lowest BCUT2D eigenvalue weighted by molar-refractivity contribution is -0.174. The summed E-state index contributed by atoms with van der Waals surface area (Å²) < 4.78 is 38.1. The van der Waals surface area contributed by atoms with Gasteiger partial charge in [0.05, 0.1) is 5.69 Å². The quantitative estimate of drug-likeness (QED) is 0.693. The van der Waals surface area contributed by atoms with Gasteiger partial charge in [0.2, 0.25) is 5.91 Å². The topological polar surface area (TPSA) is 58.2 Å². The summed E-state index contributed by atoms with van der Waals surface area (Å²) in [5.41, 5.74) is 2.65. The summed E-state index contributed by atoms with van der Waals surface area (Å²) in [7, 11) is 0. The summed E-state index contributed by atoms with van der Waals surface area (Å²) in [6.07, 6.45) is -1.66. The number of hydrogen-bond acceptors (Lipinski definition) is 2. The Morgan fingerprint density at radius 1 is 1.17 bits per heavy atom. The minimum absolute atomic E-state index is 0.00870. The first-order valence-electron chi connectivity index (χ1n) is 7.74. The van der Waals surface area contributed by atoms with E-state index in [-0.39, 0.29) is 11.8 Å². The molecule has 1 aromatic rings. The molecule has 2 aliphatic rings. The van der Waals surface area contributed by atoms with Crippen LogP contribution in [0.25, 0.3) is 0 Å². The summed E-state index contributed by atoms with van der Waals surface area (Å²) >= 11 is 2.11. The molecule has 0 saturated heterocycles. The van der Waals surface area contributed by atoms with Crippen molar-refractivity contribution in [3.05, 3.63) is 26.8 Å². The first kappa shape index (κ1) is 17.5. The highest BCUT2D eigenvalue weighted by Crippen LogP contribution is 2.34. The number of alkyl halides is 3.